The lowest BCUT2D eigenvalue weighted by Gasteiger charge is -2.06. The maximum absolute atomic E-state index is 11.5. The molecule has 110 valence electrons. The Balaban J connectivity index is 2.29. The molecule has 4 N–H and O–H groups in total. The summed E-state index contributed by atoms with van der Waals surface area (Å²) in [5.74, 6) is -0.609. The third kappa shape index (κ3) is 3.57. The molecule has 1 heterocycles. The SMILES string of the molecule is O=c1[nH]c(O)c(C=NNc2c(Cl)cc(Cl)cc2Cl)c(=O)[nH]1. The van der Waals surface area contributed by atoms with Crippen molar-refractivity contribution in [3.8, 4) is 5.88 Å². The van der Waals surface area contributed by atoms with Crippen LogP contribution in [0.1, 0.15) is 5.56 Å². The maximum atomic E-state index is 11.5. The van der Waals surface area contributed by atoms with Crippen LogP contribution < -0.4 is 16.7 Å². The first-order valence-electron chi connectivity index (χ1n) is 5.37. The number of aromatic hydroxyl groups is 1. The fraction of sp³-hybridized carbons (Fsp3) is 0. The van der Waals surface area contributed by atoms with Crippen LogP contribution in [0, 0.1) is 0 Å². The number of aromatic amines is 2. The molecule has 0 aliphatic carbocycles. The average molecular weight is 350 g/mol. The van der Waals surface area contributed by atoms with Crippen molar-refractivity contribution in [2.24, 2.45) is 5.10 Å². The highest BCUT2D eigenvalue weighted by Gasteiger charge is 2.08. The van der Waals surface area contributed by atoms with Crippen molar-refractivity contribution >= 4 is 46.7 Å². The Morgan fingerprint density at radius 2 is 1.76 bits per heavy atom. The molecule has 1 aromatic carbocycles. The van der Waals surface area contributed by atoms with Gasteiger partial charge in [-0.3, -0.25) is 20.2 Å². The molecule has 0 radical (unpaired) electrons. The molecule has 10 heteroatoms. The highest BCUT2D eigenvalue weighted by molar-refractivity contribution is 6.41. The summed E-state index contributed by atoms with van der Waals surface area (Å²) in [4.78, 5) is 26.3. The van der Waals surface area contributed by atoms with Crippen LogP contribution in [0.15, 0.2) is 26.8 Å². The molecule has 1 aromatic heterocycles. The van der Waals surface area contributed by atoms with Crippen molar-refractivity contribution in [3.05, 3.63) is 53.6 Å². The Morgan fingerprint density at radius 1 is 1.14 bits per heavy atom. The lowest BCUT2D eigenvalue weighted by atomic mass is 10.3. The second kappa shape index (κ2) is 6.21. The summed E-state index contributed by atoms with van der Waals surface area (Å²) >= 11 is 17.6. The zero-order valence-electron chi connectivity index (χ0n) is 10.1. The van der Waals surface area contributed by atoms with Crippen LogP contribution in [-0.4, -0.2) is 21.3 Å². The highest BCUT2D eigenvalue weighted by Crippen LogP contribution is 2.33. The molecule has 0 fully saturated rings. The minimum Gasteiger partial charge on any atom is -0.494 e. The lowest BCUT2D eigenvalue weighted by Crippen LogP contribution is -2.25. The Bertz CT molecular complexity index is 805. The number of nitrogens with one attached hydrogen (secondary N) is 3. The van der Waals surface area contributed by atoms with Gasteiger partial charge in [0.1, 0.15) is 5.56 Å². The van der Waals surface area contributed by atoms with Gasteiger partial charge in [0.2, 0.25) is 5.88 Å². The number of anilines is 1. The Hall–Kier alpha value is -1.96. The fourth-order valence-electron chi connectivity index (χ4n) is 1.41. The first kappa shape index (κ1) is 15.4. The average Bonchev–Trinajstić information content (AvgIpc) is 2.34. The predicted molar refractivity (Wildman–Crippen MR) is 82.0 cm³/mol. The maximum Gasteiger partial charge on any atom is 0.328 e. The molecule has 2 aromatic rings. The van der Waals surface area contributed by atoms with Gasteiger partial charge in [-0.05, 0) is 12.1 Å². The fourth-order valence-corrected chi connectivity index (χ4v) is 2.32. The molecule has 0 unspecified atom stereocenters. The van der Waals surface area contributed by atoms with Gasteiger partial charge < -0.3 is 5.11 Å². The smallest absolute Gasteiger partial charge is 0.328 e. The number of aromatic nitrogens is 2. The number of nitrogens with zero attached hydrogens (tertiary/aromatic N) is 1. The number of halogens is 3. The van der Waals surface area contributed by atoms with Crippen LogP contribution in [0.3, 0.4) is 0 Å². The van der Waals surface area contributed by atoms with Crippen molar-refractivity contribution < 1.29 is 5.11 Å². The van der Waals surface area contributed by atoms with Crippen LogP contribution in [0.4, 0.5) is 5.69 Å². The number of rotatable bonds is 3. The van der Waals surface area contributed by atoms with Gasteiger partial charge in [0.15, 0.2) is 0 Å². The third-order valence-corrected chi connectivity index (χ3v) is 3.15. The van der Waals surface area contributed by atoms with E-state index >= 15 is 0 Å². The molecule has 21 heavy (non-hydrogen) atoms. The summed E-state index contributed by atoms with van der Waals surface area (Å²) in [6, 6.07) is 2.91. The zero-order valence-corrected chi connectivity index (χ0v) is 12.3. The van der Waals surface area contributed by atoms with Gasteiger partial charge in [-0.2, -0.15) is 5.10 Å². The van der Waals surface area contributed by atoms with Gasteiger partial charge in [0.25, 0.3) is 5.56 Å². The van der Waals surface area contributed by atoms with Crippen LogP contribution in [0.25, 0.3) is 0 Å². The molecular formula is C11H7Cl3N4O3. The molecule has 0 saturated carbocycles. The largest absolute Gasteiger partial charge is 0.494 e. The first-order chi connectivity index (χ1) is 9.88. The van der Waals surface area contributed by atoms with Crippen LogP contribution in [-0.2, 0) is 0 Å². The van der Waals surface area contributed by atoms with E-state index in [0.29, 0.717) is 5.02 Å². The summed E-state index contributed by atoms with van der Waals surface area (Å²) < 4.78 is 0. The van der Waals surface area contributed by atoms with E-state index in [4.69, 9.17) is 34.8 Å². The van der Waals surface area contributed by atoms with Crippen molar-refractivity contribution in [1.29, 1.82) is 0 Å². The van der Waals surface area contributed by atoms with E-state index in [1.54, 1.807) is 0 Å². The second-order valence-corrected chi connectivity index (χ2v) is 5.04. The number of benzene rings is 1. The number of hydrogen-bond donors (Lipinski definition) is 4. The summed E-state index contributed by atoms with van der Waals surface area (Å²) in [5.41, 5.74) is 0.937. The molecule has 0 bridgehead atoms. The van der Waals surface area contributed by atoms with Crippen LogP contribution in [0.5, 0.6) is 5.88 Å². The van der Waals surface area contributed by atoms with Gasteiger partial charge in [-0.1, -0.05) is 34.8 Å². The van der Waals surface area contributed by atoms with Crippen molar-refractivity contribution in [1.82, 2.24) is 9.97 Å². The summed E-state index contributed by atoms with van der Waals surface area (Å²) in [5, 5.41) is 14.0. The predicted octanol–water partition coefficient (Wildman–Crippen LogP) is 2.17. The first-order valence-corrected chi connectivity index (χ1v) is 6.51. The number of H-pyrrole nitrogens is 2. The molecule has 0 atom stereocenters. The summed E-state index contributed by atoms with van der Waals surface area (Å²) in [7, 11) is 0. The molecule has 0 saturated heterocycles. The zero-order chi connectivity index (χ0) is 15.6. The van der Waals surface area contributed by atoms with E-state index in [2.05, 4.69) is 10.5 Å². The topological polar surface area (TPSA) is 110 Å². The van der Waals surface area contributed by atoms with E-state index in [0.717, 1.165) is 6.21 Å². The molecular weight excluding hydrogens is 343 g/mol. The number of hydrazone groups is 1. The summed E-state index contributed by atoms with van der Waals surface area (Å²) in [6.07, 6.45) is 1.01. The quantitative estimate of drug-likeness (QED) is 0.503. The van der Waals surface area contributed by atoms with E-state index in [-0.39, 0.29) is 21.3 Å². The minimum atomic E-state index is -0.827. The van der Waals surface area contributed by atoms with Crippen molar-refractivity contribution in [2.45, 2.75) is 0 Å². The molecule has 0 aliphatic rings. The Kier molecular flexibility index (Phi) is 4.56. The monoisotopic (exact) mass is 348 g/mol. The van der Waals surface area contributed by atoms with Crippen molar-refractivity contribution in [2.75, 3.05) is 5.43 Å². The second-order valence-electron chi connectivity index (χ2n) is 3.78. The molecule has 2 rings (SSSR count). The lowest BCUT2D eigenvalue weighted by molar-refractivity contribution is 0.447. The normalized spacial score (nSPS) is 11.0. The molecule has 7 nitrogen and oxygen atoms in total. The minimum absolute atomic E-state index is 0.226. The molecule has 0 spiro atoms. The number of hydrogen-bond acceptors (Lipinski definition) is 5. The van der Waals surface area contributed by atoms with Gasteiger partial charge in [0, 0.05) is 5.02 Å². The van der Waals surface area contributed by atoms with E-state index in [1.807, 2.05) is 9.97 Å². The Labute approximate surface area is 132 Å². The van der Waals surface area contributed by atoms with E-state index < -0.39 is 17.1 Å². The van der Waals surface area contributed by atoms with Gasteiger partial charge in [-0.15, -0.1) is 0 Å². The van der Waals surface area contributed by atoms with E-state index in [9.17, 15) is 14.7 Å². The highest BCUT2D eigenvalue weighted by atomic mass is 35.5. The van der Waals surface area contributed by atoms with Crippen molar-refractivity contribution in [3.63, 3.8) is 0 Å². The molecule has 0 amide bonds. The molecule has 0 aliphatic heterocycles. The van der Waals surface area contributed by atoms with Gasteiger partial charge in [0.05, 0.1) is 21.9 Å². The van der Waals surface area contributed by atoms with Crippen LogP contribution >= 0.6 is 34.8 Å². The van der Waals surface area contributed by atoms with Crippen LogP contribution in [0.2, 0.25) is 15.1 Å². The standard InChI is InChI=1S/C11H7Cl3N4O3/c12-4-1-6(13)8(7(14)2-4)18-15-3-5-9(19)16-11(21)17-10(5)20/h1-3,18H,(H3,16,17,19,20,21). The Morgan fingerprint density at radius 3 is 2.33 bits per heavy atom. The third-order valence-electron chi connectivity index (χ3n) is 2.34. The van der Waals surface area contributed by atoms with E-state index in [1.165, 1.54) is 12.1 Å². The van der Waals surface area contributed by atoms with Gasteiger partial charge in [-0.25, -0.2) is 4.79 Å². The summed E-state index contributed by atoms with van der Waals surface area (Å²) in [6.45, 7) is 0. The van der Waals surface area contributed by atoms with Gasteiger partial charge >= 0.3 is 5.69 Å².